The summed E-state index contributed by atoms with van der Waals surface area (Å²) in [5.74, 6) is 0.321. The number of halogens is 3. The van der Waals surface area contributed by atoms with Crippen LogP contribution in [-0.2, 0) is 11.0 Å². The Hall–Kier alpha value is -2.74. The molecule has 2 aromatic carbocycles. The van der Waals surface area contributed by atoms with Gasteiger partial charge in [-0.3, -0.25) is 0 Å². The van der Waals surface area contributed by atoms with E-state index in [4.69, 9.17) is 14.6 Å². The molecule has 8 heteroatoms. The van der Waals surface area contributed by atoms with Crippen LogP contribution in [0, 0.1) is 13.8 Å². The van der Waals surface area contributed by atoms with Crippen molar-refractivity contribution in [3.63, 3.8) is 0 Å². The summed E-state index contributed by atoms with van der Waals surface area (Å²) < 4.78 is 51.4. The second kappa shape index (κ2) is 11.1. The lowest BCUT2D eigenvalue weighted by Crippen LogP contribution is -2.10. The number of carbonyl (C=O) groups is 1. The first-order valence-electron chi connectivity index (χ1n) is 11.3. The third kappa shape index (κ3) is 6.44. The van der Waals surface area contributed by atoms with Gasteiger partial charge in [-0.1, -0.05) is 25.8 Å². The summed E-state index contributed by atoms with van der Waals surface area (Å²) in [6.07, 6.45) is -0.595. The molecule has 0 amide bonds. The van der Waals surface area contributed by atoms with Crippen LogP contribution in [0.25, 0.3) is 10.1 Å². The van der Waals surface area contributed by atoms with Crippen LogP contribution < -0.4 is 9.47 Å². The van der Waals surface area contributed by atoms with Gasteiger partial charge in [-0.05, 0) is 79.5 Å². The van der Waals surface area contributed by atoms with Crippen molar-refractivity contribution < 1.29 is 32.5 Å². The smallest absolute Gasteiger partial charge is 0.416 e. The number of hydrogen-bond donors (Lipinski definition) is 1. The Labute approximate surface area is 201 Å². The SMILES string of the molecule is CCCC[C@H](CCOc1ccc(OCC(=O)O)c(C)c1)c1sc2cc(C(F)(F)F)ccc2c1C. The Bertz CT molecular complexity index is 1140. The molecule has 0 bridgehead atoms. The van der Waals surface area contributed by atoms with Crippen molar-refractivity contribution in [1.29, 1.82) is 0 Å². The topological polar surface area (TPSA) is 55.8 Å². The second-order valence-corrected chi connectivity index (χ2v) is 9.47. The summed E-state index contributed by atoms with van der Waals surface area (Å²) in [6, 6.07) is 9.23. The Kier molecular flexibility index (Phi) is 8.47. The van der Waals surface area contributed by atoms with Gasteiger partial charge < -0.3 is 14.6 Å². The van der Waals surface area contributed by atoms with Crippen molar-refractivity contribution in [3.05, 3.63) is 58.0 Å². The van der Waals surface area contributed by atoms with E-state index in [2.05, 4.69) is 6.92 Å². The predicted octanol–water partition coefficient (Wildman–Crippen LogP) is 7.74. The molecule has 3 rings (SSSR count). The van der Waals surface area contributed by atoms with Crippen molar-refractivity contribution in [2.45, 2.75) is 58.5 Å². The predicted molar refractivity (Wildman–Crippen MR) is 128 cm³/mol. The number of benzene rings is 2. The minimum Gasteiger partial charge on any atom is -0.494 e. The van der Waals surface area contributed by atoms with Gasteiger partial charge in [0.1, 0.15) is 11.5 Å². The van der Waals surface area contributed by atoms with E-state index in [9.17, 15) is 18.0 Å². The summed E-state index contributed by atoms with van der Waals surface area (Å²) in [6.45, 7) is 5.99. The zero-order valence-corrected chi connectivity index (χ0v) is 20.3. The number of ether oxygens (including phenoxy) is 2. The van der Waals surface area contributed by atoms with Crippen molar-refractivity contribution >= 4 is 27.4 Å². The van der Waals surface area contributed by atoms with Crippen LogP contribution in [0.2, 0.25) is 0 Å². The summed E-state index contributed by atoms with van der Waals surface area (Å²) in [5.41, 5.74) is 1.21. The average molecular weight is 495 g/mol. The van der Waals surface area contributed by atoms with Crippen molar-refractivity contribution in [2.75, 3.05) is 13.2 Å². The van der Waals surface area contributed by atoms with Crippen LogP contribution in [0.5, 0.6) is 11.5 Å². The number of aliphatic carboxylic acids is 1. The molecule has 0 fully saturated rings. The molecule has 0 saturated heterocycles. The molecule has 0 saturated carbocycles. The maximum absolute atomic E-state index is 13.2. The maximum atomic E-state index is 13.2. The molecule has 1 atom stereocenters. The molecule has 0 unspecified atom stereocenters. The van der Waals surface area contributed by atoms with E-state index in [1.54, 1.807) is 18.2 Å². The molecule has 1 heterocycles. The van der Waals surface area contributed by atoms with Crippen LogP contribution in [0.1, 0.15) is 60.1 Å². The molecular formula is C26H29F3O4S. The fourth-order valence-electron chi connectivity index (χ4n) is 4.00. The fraction of sp³-hybridized carbons (Fsp3) is 0.423. The Morgan fingerprint density at radius 1 is 1.09 bits per heavy atom. The molecule has 0 aliphatic heterocycles. The average Bonchev–Trinajstić information content (AvgIpc) is 3.10. The van der Waals surface area contributed by atoms with Crippen molar-refractivity contribution in [3.8, 4) is 11.5 Å². The van der Waals surface area contributed by atoms with Gasteiger partial charge in [-0.2, -0.15) is 13.2 Å². The molecule has 1 aromatic heterocycles. The largest absolute Gasteiger partial charge is 0.494 e. The minimum absolute atomic E-state index is 0.200. The van der Waals surface area contributed by atoms with Crippen LogP contribution >= 0.6 is 11.3 Å². The Balaban J connectivity index is 1.73. The third-order valence-corrected chi connectivity index (χ3v) is 7.23. The molecule has 4 nitrogen and oxygen atoms in total. The van der Waals surface area contributed by atoms with E-state index in [0.717, 1.165) is 53.1 Å². The highest BCUT2D eigenvalue weighted by Gasteiger charge is 2.31. The highest BCUT2D eigenvalue weighted by atomic mass is 32.1. The molecule has 1 N–H and O–H groups in total. The van der Waals surface area contributed by atoms with Gasteiger partial charge in [-0.25, -0.2) is 4.79 Å². The molecule has 0 spiro atoms. The number of unbranched alkanes of at least 4 members (excludes halogenated alkanes) is 1. The Morgan fingerprint density at radius 3 is 2.50 bits per heavy atom. The lowest BCUT2D eigenvalue weighted by atomic mass is 9.94. The van der Waals surface area contributed by atoms with Crippen LogP contribution in [0.3, 0.4) is 0 Å². The number of aryl methyl sites for hydroxylation is 2. The van der Waals surface area contributed by atoms with E-state index in [0.29, 0.717) is 22.8 Å². The normalized spacial score (nSPS) is 12.6. The van der Waals surface area contributed by atoms with Gasteiger partial charge in [0.2, 0.25) is 0 Å². The third-order valence-electron chi connectivity index (χ3n) is 5.81. The summed E-state index contributed by atoms with van der Waals surface area (Å²) >= 11 is 1.45. The van der Waals surface area contributed by atoms with Crippen molar-refractivity contribution in [1.82, 2.24) is 0 Å². The maximum Gasteiger partial charge on any atom is 0.416 e. The number of thiophene rings is 1. The van der Waals surface area contributed by atoms with Gasteiger partial charge in [0, 0.05) is 9.58 Å². The zero-order chi connectivity index (χ0) is 24.9. The zero-order valence-electron chi connectivity index (χ0n) is 19.5. The molecule has 0 aliphatic rings. The summed E-state index contributed by atoms with van der Waals surface area (Å²) in [4.78, 5) is 11.8. The molecule has 34 heavy (non-hydrogen) atoms. The minimum atomic E-state index is -4.35. The first-order valence-corrected chi connectivity index (χ1v) is 12.1. The lowest BCUT2D eigenvalue weighted by Gasteiger charge is -2.17. The second-order valence-electron chi connectivity index (χ2n) is 8.39. The highest BCUT2D eigenvalue weighted by Crippen LogP contribution is 2.41. The molecule has 0 aliphatic carbocycles. The molecule has 0 radical (unpaired) electrons. The van der Waals surface area contributed by atoms with E-state index in [-0.39, 0.29) is 5.92 Å². The molecule has 184 valence electrons. The summed E-state index contributed by atoms with van der Waals surface area (Å²) in [5, 5.41) is 9.64. The number of carboxylic acids is 1. The highest BCUT2D eigenvalue weighted by molar-refractivity contribution is 7.19. The Morgan fingerprint density at radius 2 is 1.85 bits per heavy atom. The summed E-state index contributed by atoms with van der Waals surface area (Å²) in [7, 11) is 0. The van der Waals surface area contributed by atoms with E-state index in [1.807, 2.05) is 19.9 Å². The first kappa shape index (κ1) is 25.9. The standard InChI is InChI=1S/C26H29F3O4S/c1-4-5-6-18(11-12-32-20-8-10-22(16(2)13-20)33-15-24(30)31)25-17(3)21-9-7-19(26(27,28)29)14-23(21)34-25/h7-10,13-14,18H,4-6,11-12,15H2,1-3H3,(H,30,31)/t18-/m1/s1. The molecular weight excluding hydrogens is 465 g/mol. The van der Waals surface area contributed by atoms with Gasteiger partial charge in [-0.15, -0.1) is 11.3 Å². The van der Waals surface area contributed by atoms with Crippen LogP contribution in [0.4, 0.5) is 13.2 Å². The first-order chi connectivity index (χ1) is 16.1. The quantitative estimate of drug-likeness (QED) is 0.296. The number of carboxylic acid groups (broad SMARTS) is 1. The van der Waals surface area contributed by atoms with Crippen molar-refractivity contribution in [2.24, 2.45) is 0 Å². The number of fused-ring (bicyclic) bond motifs is 1. The molecule has 3 aromatic rings. The fourth-order valence-corrected chi connectivity index (χ4v) is 5.42. The number of rotatable bonds is 11. The van der Waals surface area contributed by atoms with Gasteiger partial charge >= 0.3 is 12.1 Å². The van der Waals surface area contributed by atoms with E-state index < -0.39 is 24.3 Å². The monoisotopic (exact) mass is 494 g/mol. The van der Waals surface area contributed by atoms with Crippen LogP contribution in [0.15, 0.2) is 36.4 Å². The van der Waals surface area contributed by atoms with Gasteiger partial charge in [0.25, 0.3) is 0 Å². The number of hydrogen-bond acceptors (Lipinski definition) is 4. The number of alkyl halides is 3. The van der Waals surface area contributed by atoms with Crippen LogP contribution in [-0.4, -0.2) is 24.3 Å². The van der Waals surface area contributed by atoms with E-state index in [1.165, 1.54) is 17.4 Å². The lowest BCUT2D eigenvalue weighted by molar-refractivity contribution is -0.139. The van der Waals surface area contributed by atoms with Gasteiger partial charge in [0.05, 0.1) is 12.2 Å². The van der Waals surface area contributed by atoms with Gasteiger partial charge in [0.15, 0.2) is 6.61 Å². The van der Waals surface area contributed by atoms with E-state index >= 15 is 0 Å².